The summed E-state index contributed by atoms with van der Waals surface area (Å²) in [6.07, 6.45) is 3.29. The summed E-state index contributed by atoms with van der Waals surface area (Å²) in [6.45, 7) is 2.96. The summed E-state index contributed by atoms with van der Waals surface area (Å²) < 4.78 is 10.5. The molecule has 3 N–H and O–H groups in total. The molecule has 21 heavy (non-hydrogen) atoms. The number of ether oxygens (including phenoxy) is 2. The van der Waals surface area contributed by atoms with Crippen molar-refractivity contribution >= 4 is 23.2 Å². The topological polar surface area (TPSA) is 73.6 Å². The van der Waals surface area contributed by atoms with Crippen LogP contribution in [0.15, 0.2) is 12.1 Å². The van der Waals surface area contributed by atoms with Gasteiger partial charge in [0.1, 0.15) is 0 Å². The monoisotopic (exact) mass is 312 g/mol. The van der Waals surface area contributed by atoms with Gasteiger partial charge in [-0.05, 0) is 25.3 Å². The molecule has 1 heterocycles. The van der Waals surface area contributed by atoms with Gasteiger partial charge in [-0.25, -0.2) is 0 Å². The summed E-state index contributed by atoms with van der Waals surface area (Å²) in [5.74, 6) is 1.65. The number of hydrogen-bond acceptors (Lipinski definition) is 4. The number of amides is 1. The first-order valence-corrected chi connectivity index (χ1v) is 7.61. The first-order valence-electron chi connectivity index (χ1n) is 7.23. The number of hydrogen-bond donors (Lipinski definition) is 2. The van der Waals surface area contributed by atoms with Gasteiger partial charge in [0.25, 0.3) is 0 Å². The van der Waals surface area contributed by atoms with Gasteiger partial charge in [0.2, 0.25) is 12.7 Å². The van der Waals surface area contributed by atoms with Gasteiger partial charge in [-0.15, -0.1) is 0 Å². The maximum absolute atomic E-state index is 12.0. The Balaban J connectivity index is 1.91. The second-order valence-electron chi connectivity index (χ2n) is 5.12. The molecule has 1 aliphatic heterocycles. The van der Waals surface area contributed by atoms with E-state index in [2.05, 4.69) is 12.2 Å². The number of nitrogens with two attached hydrogens (primary N) is 1. The number of anilines is 1. The van der Waals surface area contributed by atoms with Crippen molar-refractivity contribution in [3.05, 3.63) is 17.2 Å². The molecule has 0 saturated carbocycles. The average molecular weight is 313 g/mol. The number of benzene rings is 1. The zero-order valence-corrected chi connectivity index (χ0v) is 12.9. The first-order chi connectivity index (χ1) is 10.1. The highest BCUT2D eigenvalue weighted by Crippen LogP contribution is 2.39. The van der Waals surface area contributed by atoms with E-state index in [9.17, 15) is 4.79 Å². The van der Waals surface area contributed by atoms with Gasteiger partial charge in [-0.3, -0.25) is 4.79 Å². The van der Waals surface area contributed by atoms with Gasteiger partial charge in [0.15, 0.2) is 11.5 Å². The molecule has 0 fully saturated rings. The van der Waals surface area contributed by atoms with Gasteiger partial charge in [-0.2, -0.15) is 0 Å². The lowest BCUT2D eigenvalue weighted by Crippen LogP contribution is -2.15. The Bertz CT molecular complexity index is 508. The minimum absolute atomic E-state index is 0.0498. The van der Waals surface area contributed by atoms with E-state index in [1.54, 1.807) is 12.1 Å². The lowest BCUT2D eigenvalue weighted by Gasteiger charge is -2.13. The second kappa shape index (κ2) is 7.52. The average Bonchev–Trinajstić information content (AvgIpc) is 2.90. The summed E-state index contributed by atoms with van der Waals surface area (Å²) in [7, 11) is 0. The van der Waals surface area contributed by atoms with Crippen molar-refractivity contribution in [1.82, 2.24) is 0 Å². The van der Waals surface area contributed by atoms with Crippen molar-refractivity contribution < 1.29 is 14.3 Å². The molecule has 5 nitrogen and oxygen atoms in total. The third-order valence-electron chi connectivity index (χ3n) is 3.67. The lowest BCUT2D eigenvalue weighted by atomic mass is 9.96. The van der Waals surface area contributed by atoms with Crippen LogP contribution in [-0.4, -0.2) is 19.2 Å². The van der Waals surface area contributed by atoms with Crippen molar-refractivity contribution in [3.8, 4) is 11.5 Å². The molecule has 1 aliphatic rings. The molecule has 1 unspecified atom stereocenters. The van der Waals surface area contributed by atoms with Gasteiger partial charge in [0.05, 0.1) is 10.7 Å². The highest BCUT2D eigenvalue weighted by molar-refractivity contribution is 6.34. The minimum atomic E-state index is -0.0498. The molecule has 0 radical (unpaired) electrons. The summed E-state index contributed by atoms with van der Waals surface area (Å²) >= 11 is 6.12. The number of nitrogens with one attached hydrogen (secondary N) is 1. The smallest absolute Gasteiger partial charge is 0.231 e. The summed E-state index contributed by atoms with van der Waals surface area (Å²) in [5, 5.41) is 3.27. The third-order valence-corrected chi connectivity index (χ3v) is 3.98. The van der Waals surface area contributed by atoms with E-state index >= 15 is 0 Å². The van der Waals surface area contributed by atoms with E-state index in [4.69, 9.17) is 26.8 Å². The Morgan fingerprint density at radius 3 is 2.76 bits per heavy atom. The van der Waals surface area contributed by atoms with E-state index in [1.165, 1.54) is 0 Å². The van der Waals surface area contributed by atoms with E-state index in [0.29, 0.717) is 41.1 Å². The largest absolute Gasteiger partial charge is 0.454 e. The van der Waals surface area contributed by atoms with Crippen LogP contribution in [0.4, 0.5) is 5.69 Å². The minimum Gasteiger partial charge on any atom is -0.454 e. The number of carbonyl (C=O) groups is 1. The Labute approximate surface area is 129 Å². The lowest BCUT2D eigenvalue weighted by molar-refractivity contribution is -0.116. The van der Waals surface area contributed by atoms with Crippen LogP contribution in [0.1, 0.15) is 32.6 Å². The zero-order valence-electron chi connectivity index (χ0n) is 12.2. The van der Waals surface area contributed by atoms with Gasteiger partial charge < -0.3 is 20.5 Å². The van der Waals surface area contributed by atoms with E-state index in [-0.39, 0.29) is 12.7 Å². The fourth-order valence-electron chi connectivity index (χ4n) is 2.35. The number of rotatable bonds is 7. The molecule has 1 atom stereocenters. The fraction of sp³-hybridized carbons (Fsp3) is 0.533. The predicted octanol–water partition coefficient (Wildman–Crippen LogP) is 3.16. The summed E-state index contributed by atoms with van der Waals surface area (Å²) in [4.78, 5) is 12.0. The Morgan fingerprint density at radius 2 is 2.10 bits per heavy atom. The number of fused-ring (bicyclic) bond motifs is 1. The molecule has 116 valence electrons. The van der Waals surface area contributed by atoms with Crippen LogP contribution in [0.5, 0.6) is 11.5 Å². The predicted molar refractivity (Wildman–Crippen MR) is 82.9 cm³/mol. The van der Waals surface area contributed by atoms with Crippen molar-refractivity contribution in [3.63, 3.8) is 0 Å². The van der Waals surface area contributed by atoms with Crippen LogP contribution in [0, 0.1) is 5.92 Å². The SMILES string of the molecule is CCC(CCN)CCC(=O)Nc1cc2c(cc1Cl)OCO2. The highest BCUT2D eigenvalue weighted by atomic mass is 35.5. The Morgan fingerprint density at radius 1 is 1.38 bits per heavy atom. The molecular formula is C15H21ClN2O3. The molecular weight excluding hydrogens is 292 g/mol. The quantitative estimate of drug-likeness (QED) is 0.811. The van der Waals surface area contributed by atoms with Crippen LogP contribution in [0.25, 0.3) is 0 Å². The normalized spacial score (nSPS) is 14.0. The molecule has 1 amide bonds. The molecule has 1 aromatic carbocycles. The second-order valence-corrected chi connectivity index (χ2v) is 5.53. The van der Waals surface area contributed by atoms with Gasteiger partial charge in [-0.1, -0.05) is 24.9 Å². The van der Waals surface area contributed by atoms with Crippen molar-refractivity contribution in [2.45, 2.75) is 32.6 Å². The van der Waals surface area contributed by atoms with E-state index < -0.39 is 0 Å². The molecule has 0 spiro atoms. The van der Waals surface area contributed by atoms with Gasteiger partial charge in [0, 0.05) is 18.6 Å². The molecule has 6 heteroatoms. The molecule has 0 aromatic heterocycles. The Hall–Kier alpha value is -1.46. The summed E-state index contributed by atoms with van der Waals surface area (Å²) in [5.41, 5.74) is 6.12. The van der Waals surface area contributed by atoms with Crippen LogP contribution in [0.3, 0.4) is 0 Å². The molecule has 1 aromatic rings. The van der Waals surface area contributed by atoms with Crippen molar-refractivity contribution in [2.75, 3.05) is 18.7 Å². The van der Waals surface area contributed by atoms with Gasteiger partial charge >= 0.3 is 0 Å². The summed E-state index contributed by atoms with van der Waals surface area (Å²) in [6, 6.07) is 3.35. The van der Waals surface area contributed by atoms with E-state index in [1.807, 2.05) is 0 Å². The highest BCUT2D eigenvalue weighted by Gasteiger charge is 2.18. The zero-order chi connectivity index (χ0) is 15.2. The first kappa shape index (κ1) is 15.9. The standard InChI is InChI=1S/C15H21ClN2O3/c1-2-10(5-6-17)3-4-15(19)18-12-8-14-13(7-11(12)16)20-9-21-14/h7-8,10H,2-6,9,17H2,1H3,(H,18,19). The van der Waals surface area contributed by atoms with Crippen molar-refractivity contribution in [1.29, 1.82) is 0 Å². The number of halogens is 1. The van der Waals surface area contributed by atoms with E-state index in [0.717, 1.165) is 19.3 Å². The maximum Gasteiger partial charge on any atom is 0.231 e. The maximum atomic E-state index is 12.0. The third kappa shape index (κ3) is 4.25. The Kier molecular flexibility index (Phi) is 5.70. The van der Waals surface area contributed by atoms with Crippen LogP contribution in [0.2, 0.25) is 5.02 Å². The van der Waals surface area contributed by atoms with Crippen LogP contribution < -0.4 is 20.5 Å². The van der Waals surface area contributed by atoms with Crippen molar-refractivity contribution in [2.24, 2.45) is 11.7 Å². The fourth-order valence-corrected chi connectivity index (χ4v) is 2.55. The number of carbonyl (C=O) groups excluding carboxylic acids is 1. The molecule has 2 rings (SSSR count). The molecule has 0 saturated heterocycles. The molecule has 0 bridgehead atoms. The van der Waals surface area contributed by atoms with Crippen LogP contribution in [-0.2, 0) is 4.79 Å². The molecule has 0 aliphatic carbocycles. The van der Waals surface area contributed by atoms with Crippen LogP contribution >= 0.6 is 11.6 Å².